The molecule has 0 saturated heterocycles. The molecule has 0 aliphatic carbocycles. The number of aromatic amines is 2. The number of rotatable bonds is 5. The predicted octanol–water partition coefficient (Wildman–Crippen LogP) is 0.194. The number of carbonyl (C=O) groups is 1. The van der Waals surface area contributed by atoms with Gasteiger partial charge in [0.05, 0.1) is 6.20 Å². The molecule has 9 nitrogen and oxygen atoms in total. The number of anilines is 1. The number of H-pyrrole nitrogens is 2. The van der Waals surface area contributed by atoms with E-state index in [0.717, 1.165) is 6.07 Å². The van der Waals surface area contributed by atoms with Crippen LogP contribution < -0.4 is 4.72 Å². The fourth-order valence-electron chi connectivity index (χ4n) is 1.34. The first-order valence-electron chi connectivity index (χ1n) is 5.28. The number of aryl methyl sites for hydroxylation is 1. The van der Waals surface area contributed by atoms with E-state index in [1.165, 1.54) is 6.20 Å². The van der Waals surface area contributed by atoms with Crippen LogP contribution in [0.5, 0.6) is 0 Å². The lowest BCUT2D eigenvalue weighted by molar-refractivity contribution is 0.0690. The van der Waals surface area contributed by atoms with Crippen LogP contribution in [0.4, 0.5) is 5.82 Å². The van der Waals surface area contributed by atoms with Gasteiger partial charge in [0.15, 0.2) is 10.8 Å². The number of carboxylic acids is 1. The van der Waals surface area contributed by atoms with E-state index < -0.39 is 16.0 Å². The fraction of sp³-hybridized carbons (Fsp3) is 0.222. The highest BCUT2D eigenvalue weighted by molar-refractivity contribution is 7.92. The van der Waals surface area contributed by atoms with Gasteiger partial charge in [0.1, 0.15) is 11.5 Å². The highest BCUT2D eigenvalue weighted by Gasteiger charge is 2.19. The molecule has 19 heavy (non-hydrogen) atoms. The van der Waals surface area contributed by atoms with Crippen molar-refractivity contribution in [3.63, 3.8) is 0 Å². The average Bonchev–Trinajstić information content (AvgIpc) is 2.96. The molecule has 0 aromatic carbocycles. The number of aromatic carboxylic acids is 1. The number of aromatic nitrogens is 4. The molecule has 2 aromatic heterocycles. The van der Waals surface area contributed by atoms with Crippen LogP contribution in [0.15, 0.2) is 17.3 Å². The zero-order chi connectivity index (χ0) is 14.0. The van der Waals surface area contributed by atoms with E-state index in [1.54, 1.807) is 0 Å². The normalized spacial score (nSPS) is 11.4. The van der Waals surface area contributed by atoms with E-state index in [9.17, 15) is 13.2 Å². The van der Waals surface area contributed by atoms with Crippen LogP contribution in [0.2, 0.25) is 0 Å². The number of hydrogen-bond donors (Lipinski definition) is 4. The van der Waals surface area contributed by atoms with Gasteiger partial charge in [0.25, 0.3) is 10.0 Å². The van der Waals surface area contributed by atoms with Crippen molar-refractivity contribution in [3.05, 3.63) is 23.8 Å². The lowest BCUT2D eigenvalue weighted by Crippen LogP contribution is -2.13. The first-order valence-corrected chi connectivity index (χ1v) is 6.76. The van der Waals surface area contributed by atoms with Crippen molar-refractivity contribution in [1.29, 1.82) is 0 Å². The van der Waals surface area contributed by atoms with Gasteiger partial charge < -0.3 is 10.1 Å². The van der Waals surface area contributed by atoms with Crippen LogP contribution in [0.3, 0.4) is 0 Å². The number of nitrogens with one attached hydrogen (secondary N) is 3. The molecule has 0 spiro atoms. The Labute approximate surface area is 108 Å². The highest BCUT2D eigenvalue weighted by atomic mass is 32.2. The minimum atomic E-state index is -3.86. The van der Waals surface area contributed by atoms with Crippen LogP contribution in [0, 0.1) is 0 Å². The van der Waals surface area contributed by atoms with E-state index in [4.69, 9.17) is 5.11 Å². The number of sulfonamides is 1. The number of hydrogen-bond acceptors (Lipinski definition) is 5. The smallest absolute Gasteiger partial charge is 0.353 e. The van der Waals surface area contributed by atoms with Gasteiger partial charge in [-0.05, 0) is 0 Å². The summed E-state index contributed by atoms with van der Waals surface area (Å²) in [4.78, 5) is 17.1. The first kappa shape index (κ1) is 13.1. The monoisotopic (exact) mass is 285 g/mol. The molecule has 102 valence electrons. The predicted molar refractivity (Wildman–Crippen MR) is 64.3 cm³/mol. The maximum Gasteiger partial charge on any atom is 0.353 e. The number of nitrogens with zero attached hydrogens (tertiary/aromatic N) is 2. The molecular formula is C9H11N5O4S. The molecule has 0 aliphatic heterocycles. The minimum Gasteiger partial charge on any atom is -0.477 e. The quantitative estimate of drug-likeness (QED) is 0.618. The largest absolute Gasteiger partial charge is 0.477 e. The average molecular weight is 285 g/mol. The Hall–Kier alpha value is -2.36. The molecule has 0 bridgehead atoms. The van der Waals surface area contributed by atoms with Crippen LogP contribution in [-0.2, 0) is 16.4 Å². The Bertz CT molecular complexity index is 702. The lowest BCUT2D eigenvalue weighted by Gasteiger charge is -2.01. The van der Waals surface area contributed by atoms with Gasteiger partial charge in [-0.15, -0.1) is 0 Å². The summed E-state index contributed by atoms with van der Waals surface area (Å²) >= 11 is 0. The van der Waals surface area contributed by atoms with Crippen molar-refractivity contribution < 1.29 is 18.3 Å². The van der Waals surface area contributed by atoms with Gasteiger partial charge in [-0.1, -0.05) is 6.92 Å². The van der Waals surface area contributed by atoms with Crippen LogP contribution in [0.25, 0.3) is 0 Å². The summed E-state index contributed by atoms with van der Waals surface area (Å²) in [7, 11) is -3.86. The third-order valence-corrected chi connectivity index (χ3v) is 3.54. The standard InChI is InChI=1S/C9H11N5O4S/c1-2-6-10-4-8(11-6)19(17,18)14-7-3-5(9(15)16)12-13-7/h3-4H,2H2,1H3,(H,10,11)(H,15,16)(H2,12,13,14). The molecule has 10 heteroatoms. The lowest BCUT2D eigenvalue weighted by atomic mass is 10.4. The van der Waals surface area contributed by atoms with Crippen LogP contribution in [-0.4, -0.2) is 39.7 Å². The zero-order valence-electron chi connectivity index (χ0n) is 9.84. The Morgan fingerprint density at radius 3 is 2.79 bits per heavy atom. The Kier molecular flexibility index (Phi) is 3.25. The van der Waals surface area contributed by atoms with Gasteiger partial charge >= 0.3 is 5.97 Å². The van der Waals surface area contributed by atoms with Crippen LogP contribution in [0.1, 0.15) is 23.2 Å². The molecule has 2 heterocycles. The molecule has 4 N–H and O–H groups in total. The summed E-state index contributed by atoms with van der Waals surface area (Å²) < 4.78 is 26.0. The minimum absolute atomic E-state index is 0.106. The van der Waals surface area contributed by atoms with Crippen molar-refractivity contribution in [1.82, 2.24) is 20.2 Å². The third kappa shape index (κ3) is 2.73. The van der Waals surface area contributed by atoms with Crippen LogP contribution >= 0.6 is 0 Å². The summed E-state index contributed by atoms with van der Waals surface area (Å²) in [6.45, 7) is 1.83. The molecule has 0 fully saturated rings. The third-order valence-electron chi connectivity index (χ3n) is 2.28. The maximum absolute atomic E-state index is 11.9. The summed E-state index contributed by atoms with van der Waals surface area (Å²) in [6.07, 6.45) is 1.76. The SMILES string of the molecule is CCc1ncc(S(=O)(=O)Nc2cc(C(=O)O)[nH]n2)[nH]1. The summed E-state index contributed by atoms with van der Waals surface area (Å²) in [6, 6.07) is 1.08. The van der Waals surface area contributed by atoms with Gasteiger partial charge in [-0.2, -0.15) is 13.5 Å². The molecule has 2 aromatic rings. The van der Waals surface area contributed by atoms with Crippen molar-refractivity contribution in [2.75, 3.05) is 4.72 Å². The van der Waals surface area contributed by atoms with Crippen molar-refractivity contribution in [2.24, 2.45) is 0 Å². The van der Waals surface area contributed by atoms with E-state index in [0.29, 0.717) is 12.2 Å². The van der Waals surface area contributed by atoms with E-state index in [-0.39, 0.29) is 16.5 Å². The van der Waals surface area contributed by atoms with Gasteiger partial charge in [0.2, 0.25) is 0 Å². The van der Waals surface area contributed by atoms with E-state index in [1.807, 2.05) is 6.92 Å². The highest BCUT2D eigenvalue weighted by Crippen LogP contribution is 2.13. The van der Waals surface area contributed by atoms with Gasteiger partial charge in [0, 0.05) is 12.5 Å². The Morgan fingerprint density at radius 1 is 1.53 bits per heavy atom. The van der Waals surface area contributed by atoms with E-state index >= 15 is 0 Å². The van der Waals surface area contributed by atoms with E-state index in [2.05, 4.69) is 24.9 Å². The first-order chi connectivity index (χ1) is 8.92. The van der Waals surface area contributed by atoms with Crippen molar-refractivity contribution >= 4 is 21.8 Å². The molecule has 0 aliphatic rings. The molecule has 0 amide bonds. The summed E-state index contributed by atoms with van der Waals surface area (Å²) in [5.74, 6) is -0.800. The van der Waals surface area contributed by atoms with Crippen molar-refractivity contribution in [3.8, 4) is 0 Å². The maximum atomic E-state index is 11.9. The van der Waals surface area contributed by atoms with Crippen molar-refractivity contribution in [2.45, 2.75) is 18.4 Å². The molecule has 0 unspecified atom stereocenters. The summed E-state index contributed by atoms with van der Waals surface area (Å²) in [5, 5.41) is 14.3. The number of imidazole rings is 1. The summed E-state index contributed by atoms with van der Waals surface area (Å²) in [5.41, 5.74) is -0.212. The van der Waals surface area contributed by atoms with Gasteiger partial charge in [-0.3, -0.25) is 9.82 Å². The zero-order valence-corrected chi connectivity index (χ0v) is 10.7. The second-order valence-corrected chi connectivity index (χ2v) is 5.28. The molecule has 0 atom stereocenters. The Morgan fingerprint density at radius 2 is 2.26 bits per heavy atom. The molecule has 0 radical (unpaired) electrons. The Balaban J connectivity index is 2.23. The number of carboxylic acid groups (broad SMARTS) is 1. The second-order valence-electron chi connectivity index (χ2n) is 3.63. The second kappa shape index (κ2) is 4.72. The van der Waals surface area contributed by atoms with Gasteiger partial charge in [-0.25, -0.2) is 9.78 Å². The topological polar surface area (TPSA) is 141 Å². The molecule has 2 rings (SSSR count). The fourth-order valence-corrected chi connectivity index (χ4v) is 2.27. The molecule has 0 saturated carbocycles. The molecular weight excluding hydrogens is 274 g/mol.